The van der Waals surface area contributed by atoms with Gasteiger partial charge in [0, 0.05) is 24.7 Å². The zero-order valence-corrected chi connectivity index (χ0v) is 29.6. The van der Waals surface area contributed by atoms with Gasteiger partial charge in [-0.15, -0.1) is 0 Å². The lowest BCUT2D eigenvalue weighted by molar-refractivity contribution is -0.157. The summed E-state index contributed by atoms with van der Waals surface area (Å²) >= 11 is 0. The highest BCUT2D eigenvalue weighted by Crippen LogP contribution is 2.28. The molecule has 3 rings (SSSR count). The zero-order chi connectivity index (χ0) is 36.0. The minimum Gasteiger partial charge on any atom is -0.460 e. The molecule has 5 atom stereocenters. The molecule has 0 heterocycles. The number of carbonyl (C=O) groups excluding carboxylic acids is 4. The molecule has 0 saturated carbocycles. The number of Topliss-reactive ketones (excluding diaryl/α,β-unsaturated/α-hetero) is 1. The normalized spacial score (nSPS) is 14.7. The van der Waals surface area contributed by atoms with Crippen LogP contribution in [0.4, 0.5) is 0 Å². The van der Waals surface area contributed by atoms with Crippen molar-refractivity contribution in [1.82, 2.24) is 5.32 Å². The van der Waals surface area contributed by atoms with Crippen molar-refractivity contribution >= 4 is 23.6 Å². The summed E-state index contributed by atoms with van der Waals surface area (Å²) < 4.78 is 5.61. The maximum absolute atomic E-state index is 14.2. The van der Waals surface area contributed by atoms with Gasteiger partial charge in [0.25, 0.3) is 0 Å². The molecule has 264 valence electrons. The van der Waals surface area contributed by atoms with Crippen molar-refractivity contribution in [3.8, 4) is 0 Å². The monoisotopic (exact) mass is 670 g/mol. The number of ether oxygens (including phenoxy) is 1. The number of aliphatic hydroxyl groups excluding tert-OH is 1. The van der Waals surface area contributed by atoms with Gasteiger partial charge in [-0.3, -0.25) is 19.2 Å². The van der Waals surface area contributed by atoms with E-state index in [1.54, 1.807) is 20.8 Å². The molecule has 3 aromatic rings. The van der Waals surface area contributed by atoms with E-state index in [0.717, 1.165) is 16.7 Å². The van der Waals surface area contributed by atoms with Crippen LogP contribution in [0, 0.1) is 23.7 Å². The van der Waals surface area contributed by atoms with Crippen molar-refractivity contribution in [1.29, 1.82) is 0 Å². The van der Waals surface area contributed by atoms with E-state index in [1.165, 1.54) is 0 Å². The number of nitrogens with two attached hydrogens (primary N) is 1. The van der Waals surface area contributed by atoms with Gasteiger partial charge in [-0.25, -0.2) is 0 Å². The van der Waals surface area contributed by atoms with E-state index < -0.39 is 53.3 Å². The minimum absolute atomic E-state index is 0.00607. The molecular formula is C41H54N2O6. The average molecular weight is 671 g/mol. The molecule has 49 heavy (non-hydrogen) atoms. The topological polar surface area (TPSA) is 136 Å². The number of benzene rings is 3. The van der Waals surface area contributed by atoms with E-state index in [1.807, 2.05) is 105 Å². The summed E-state index contributed by atoms with van der Waals surface area (Å²) in [5.41, 5.74) is 7.78. The number of amides is 2. The van der Waals surface area contributed by atoms with Crippen molar-refractivity contribution in [3.63, 3.8) is 0 Å². The fraction of sp³-hybridized carbons (Fsp3) is 0.463. The number of rotatable bonds is 19. The second-order valence-corrected chi connectivity index (χ2v) is 14.6. The van der Waals surface area contributed by atoms with Crippen LogP contribution in [0.5, 0.6) is 0 Å². The number of hydrogen-bond donors (Lipinski definition) is 3. The Balaban J connectivity index is 1.85. The number of ketones is 1. The third-order valence-electron chi connectivity index (χ3n) is 8.56. The van der Waals surface area contributed by atoms with Crippen LogP contribution in [0.25, 0.3) is 0 Å². The number of esters is 1. The van der Waals surface area contributed by atoms with Gasteiger partial charge in [0.05, 0.1) is 12.5 Å². The quantitative estimate of drug-likeness (QED) is 0.134. The van der Waals surface area contributed by atoms with Gasteiger partial charge in [0.1, 0.15) is 17.4 Å². The first kappa shape index (κ1) is 39.1. The number of aliphatic hydroxyl groups is 1. The minimum atomic E-state index is -0.993. The summed E-state index contributed by atoms with van der Waals surface area (Å²) in [6, 6.07) is 27.6. The average Bonchev–Trinajstić information content (AvgIpc) is 3.03. The van der Waals surface area contributed by atoms with Crippen LogP contribution in [0.15, 0.2) is 91.0 Å². The summed E-state index contributed by atoms with van der Waals surface area (Å²) in [6.07, 6.45) is 0.540. The Morgan fingerprint density at radius 3 is 1.67 bits per heavy atom. The van der Waals surface area contributed by atoms with E-state index in [0.29, 0.717) is 19.3 Å². The van der Waals surface area contributed by atoms with E-state index in [4.69, 9.17) is 10.5 Å². The Kier molecular flexibility index (Phi) is 15.2. The Hall–Kier alpha value is -4.30. The van der Waals surface area contributed by atoms with E-state index in [9.17, 15) is 24.3 Å². The SMILES string of the molecule is CC(C)C[C@H](CC(=O)[C@H](Cc1ccccc1)C[C@@H](O)[C@@H](CC(=O)OC(C)(C)C)Cc1ccccc1)C(=O)N[C@@H](Cc1ccccc1)C(N)=O. The fourth-order valence-corrected chi connectivity index (χ4v) is 6.19. The summed E-state index contributed by atoms with van der Waals surface area (Å²) in [5.74, 6) is -3.31. The van der Waals surface area contributed by atoms with Crippen molar-refractivity contribution in [2.24, 2.45) is 29.4 Å². The maximum Gasteiger partial charge on any atom is 0.306 e. The highest BCUT2D eigenvalue weighted by Gasteiger charge is 2.33. The van der Waals surface area contributed by atoms with Gasteiger partial charge in [0.2, 0.25) is 11.8 Å². The maximum atomic E-state index is 14.2. The van der Waals surface area contributed by atoms with Crippen LogP contribution < -0.4 is 11.1 Å². The van der Waals surface area contributed by atoms with Gasteiger partial charge in [-0.2, -0.15) is 0 Å². The van der Waals surface area contributed by atoms with Crippen molar-refractivity contribution in [2.75, 3.05) is 0 Å². The fourth-order valence-electron chi connectivity index (χ4n) is 6.19. The van der Waals surface area contributed by atoms with E-state index in [-0.39, 0.29) is 37.4 Å². The predicted molar refractivity (Wildman–Crippen MR) is 192 cm³/mol. The summed E-state index contributed by atoms with van der Waals surface area (Å²) in [5, 5.41) is 14.6. The van der Waals surface area contributed by atoms with Crippen LogP contribution in [0.2, 0.25) is 0 Å². The third kappa shape index (κ3) is 14.4. The highest BCUT2D eigenvalue weighted by atomic mass is 16.6. The number of primary amides is 1. The number of hydrogen-bond acceptors (Lipinski definition) is 6. The molecule has 0 aliphatic rings. The summed E-state index contributed by atoms with van der Waals surface area (Å²) in [6.45, 7) is 9.38. The molecule has 0 aliphatic carbocycles. The molecule has 4 N–H and O–H groups in total. The first-order chi connectivity index (χ1) is 23.2. The molecule has 0 radical (unpaired) electrons. The van der Waals surface area contributed by atoms with Crippen LogP contribution in [0.3, 0.4) is 0 Å². The van der Waals surface area contributed by atoms with Crippen LogP contribution >= 0.6 is 0 Å². The molecule has 0 aliphatic heterocycles. The molecule has 0 fully saturated rings. The largest absolute Gasteiger partial charge is 0.460 e. The smallest absolute Gasteiger partial charge is 0.306 e. The van der Waals surface area contributed by atoms with Crippen LogP contribution in [-0.4, -0.2) is 46.4 Å². The van der Waals surface area contributed by atoms with Gasteiger partial charge < -0.3 is 20.9 Å². The van der Waals surface area contributed by atoms with Crippen LogP contribution in [0.1, 0.15) is 77.0 Å². The molecule has 0 bridgehead atoms. The number of carbonyl (C=O) groups is 4. The van der Waals surface area contributed by atoms with Gasteiger partial charge in [-0.05, 0) is 75.0 Å². The zero-order valence-electron chi connectivity index (χ0n) is 29.6. The predicted octanol–water partition coefficient (Wildman–Crippen LogP) is 6.02. The van der Waals surface area contributed by atoms with Crippen LogP contribution in [-0.2, 0) is 43.2 Å². The number of nitrogens with one attached hydrogen (secondary N) is 1. The lowest BCUT2D eigenvalue weighted by Crippen LogP contribution is -2.48. The second-order valence-electron chi connectivity index (χ2n) is 14.6. The van der Waals surface area contributed by atoms with E-state index >= 15 is 0 Å². The lowest BCUT2D eigenvalue weighted by Gasteiger charge is -2.29. The Morgan fingerprint density at radius 1 is 0.714 bits per heavy atom. The Bertz CT molecular complexity index is 1470. The van der Waals surface area contributed by atoms with Gasteiger partial charge >= 0.3 is 5.97 Å². The Morgan fingerprint density at radius 2 is 1.20 bits per heavy atom. The lowest BCUT2D eigenvalue weighted by atomic mass is 9.80. The summed E-state index contributed by atoms with van der Waals surface area (Å²) in [4.78, 5) is 53.2. The molecule has 8 nitrogen and oxygen atoms in total. The molecule has 0 unspecified atom stereocenters. The first-order valence-corrected chi connectivity index (χ1v) is 17.3. The highest BCUT2D eigenvalue weighted by molar-refractivity contribution is 5.91. The molecule has 0 spiro atoms. The van der Waals surface area contributed by atoms with Crippen molar-refractivity contribution in [3.05, 3.63) is 108 Å². The third-order valence-corrected chi connectivity index (χ3v) is 8.56. The van der Waals surface area contributed by atoms with Gasteiger partial charge in [-0.1, -0.05) is 105 Å². The van der Waals surface area contributed by atoms with E-state index in [2.05, 4.69) is 5.32 Å². The Labute approximate surface area is 291 Å². The molecule has 2 amide bonds. The van der Waals surface area contributed by atoms with Crippen molar-refractivity contribution < 1.29 is 29.0 Å². The summed E-state index contributed by atoms with van der Waals surface area (Å²) in [7, 11) is 0. The molecule has 8 heteroatoms. The molecule has 0 saturated heterocycles. The molecule has 0 aromatic heterocycles. The standard InChI is InChI=1S/C41H54N2O6/c1-28(2)21-34(40(48)43-35(39(42)47)24-31-19-13-8-14-20-31)26-37(45)32(22-29-15-9-6-10-16-29)25-36(44)33(23-30-17-11-7-12-18-30)27-38(46)49-41(3,4)5/h6-20,28,32-36,44H,21-27H2,1-5H3,(H2,42,47)(H,43,48)/t32-,33-,34-,35+,36-/m1/s1. The molecule has 3 aromatic carbocycles. The molecular weight excluding hydrogens is 616 g/mol. The first-order valence-electron chi connectivity index (χ1n) is 17.3. The van der Waals surface area contributed by atoms with Gasteiger partial charge in [0.15, 0.2) is 0 Å². The van der Waals surface area contributed by atoms with Crippen molar-refractivity contribution in [2.45, 2.75) is 97.3 Å². The second kappa shape index (κ2) is 19.0.